The Balaban J connectivity index is 0.00000289. The number of hydrogen-bond acceptors (Lipinski definition) is 3. The van der Waals surface area contributed by atoms with Gasteiger partial charge in [0.1, 0.15) is 0 Å². The van der Waals surface area contributed by atoms with Gasteiger partial charge in [0.05, 0.1) is 5.01 Å². The summed E-state index contributed by atoms with van der Waals surface area (Å²) >= 11 is 1.72. The van der Waals surface area contributed by atoms with Crippen LogP contribution in [0.25, 0.3) is 0 Å². The van der Waals surface area contributed by atoms with E-state index in [-0.39, 0.29) is 24.0 Å². The van der Waals surface area contributed by atoms with Crippen molar-refractivity contribution in [2.75, 3.05) is 13.1 Å². The normalized spacial score (nSPS) is 11.4. The molecular formula is C12H23IN4S. The van der Waals surface area contributed by atoms with Crippen LogP contribution in [0.15, 0.2) is 10.4 Å². The number of aromatic nitrogens is 1. The highest BCUT2D eigenvalue weighted by molar-refractivity contribution is 14.0. The van der Waals surface area contributed by atoms with Crippen molar-refractivity contribution >= 4 is 41.3 Å². The molecule has 1 aromatic rings. The molecule has 0 atom stereocenters. The molecule has 18 heavy (non-hydrogen) atoms. The first-order chi connectivity index (χ1) is 8.08. The van der Waals surface area contributed by atoms with Crippen LogP contribution < -0.4 is 11.1 Å². The Labute approximate surface area is 131 Å². The molecule has 0 aromatic carbocycles. The number of nitrogens with one attached hydrogen (secondary N) is 1. The average Bonchev–Trinajstić information content (AvgIpc) is 2.68. The van der Waals surface area contributed by atoms with Crippen LogP contribution in [0, 0.1) is 12.8 Å². The number of halogens is 1. The first-order valence-electron chi connectivity index (χ1n) is 6.02. The van der Waals surface area contributed by atoms with Crippen LogP contribution in [-0.2, 0) is 6.42 Å². The van der Waals surface area contributed by atoms with Gasteiger partial charge in [-0.25, -0.2) is 4.98 Å². The standard InChI is InChI=1S/C12H22N4S.HI/c1-9(2)7-15-12(13)14-6-4-5-11-16-10(3)8-17-11;/h8-9H,4-7H2,1-3H3,(H3,13,14,15);1H. The number of nitrogens with zero attached hydrogens (tertiary/aromatic N) is 2. The number of aliphatic imine (C=N–C) groups is 1. The lowest BCUT2D eigenvalue weighted by molar-refractivity contribution is 0.659. The summed E-state index contributed by atoms with van der Waals surface area (Å²) < 4.78 is 0. The van der Waals surface area contributed by atoms with Gasteiger partial charge in [-0.2, -0.15) is 0 Å². The van der Waals surface area contributed by atoms with Crippen molar-refractivity contribution in [1.82, 2.24) is 10.3 Å². The van der Waals surface area contributed by atoms with Crippen molar-refractivity contribution in [2.45, 2.75) is 33.6 Å². The summed E-state index contributed by atoms with van der Waals surface area (Å²) in [6, 6.07) is 0. The van der Waals surface area contributed by atoms with Gasteiger partial charge in [-0.15, -0.1) is 35.3 Å². The third kappa shape index (κ3) is 7.86. The Morgan fingerprint density at radius 3 is 2.83 bits per heavy atom. The quantitative estimate of drug-likeness (QED) is 0.344. The lowest BCUT2D eigenvalue weighted by Crippen LogP contribution is -2.33. The molecule has 0 fully saturated rings. The molecule has 0 saturated carbocycles. The molecule has 6 heteroatoms. The summed E-state index contributed by atoms with van der Waals surface area (Å²) in [5.41, 5.74) is 6.84. The van der Waals surface area contributed by atoms with Crippen molar-refractivity contribution in [3.63, 3.8) is 0 Å². The van der Waals surface area contributed by atoms with E-state index in [9.17, 15) is 0 Å². The fourth-order valence-corrected chi connectivity index (χ4v) is 2.13. The van der Waals surface area contributed by atoms with Gasteiger partial charge >= 0.3 is 0 Å². The molecule has 0 aliphatic carbocycles. The Bertz CT molecular complexity index is 363. The molecule has 4 nitrogen and oxygen atoms in total. The number of guanidine groups is 1. The summed E-state index contributed by atoms with van der Waals surface area (Å²) in [7, 11) is 0. The number of thiazole rings is 1. The van der Waals surface area contributed by atoms with E-state index in [2.05, 4.69) is 34.5 Å². The Hall–Kier alpha value is -0.370. The Morgan fingerprint density at radius 2 is 2.28 bits per heavy atom. The summed E-state index contributed by atoms with van der Waals surface area (Å²) in [4.78, 5) is 8.66. The second-order valence-electron chi connectivity index (χ2n) is 4.53. The number of rotatable bonds is 6. The summed E-state index contributed by atoms with van der Waals surface area (Å²) in [5.74, 6) is 1.10. The molecule has 0 aliphatic heterocycles. The smallest absolute Gasteiger partial charge is 0.188 e. The highest BCUT2D eigenvalue weighted by Crippen LogP contribution is 2.10. The Kier molecular flexibility index (Phi) is 9.35. The van der Waals surface area contributed by atoms with E-state index >= 15 is 0 Å². The van der Waals surface area contributed by atoms with Gasteiger partial charge < -0.3 is 11.1 Å². The van der Waals surface area contributed by atoms with Crippen LogP contribution in [0.2, 0.25) is 0 Å². The second kappa shape index (κ2) is 9.55. The average molecular weight is 382 g/mol. The maximum absolute atomic E-state index is 5.73. The molecule has 1 rings (SSSR count). The summed E-state index contributed by atoms with van der Waals surface area (Å²) in [5, 5.41) is 6.40. The molecule has 104 valence electrons. The molecule has 0 amide bonds. The van der Waals surface area contributed by atoms with Crippen LogP contribution in [0.4, 0.5) is 0 Å². The second-order valence-corrected chi connectivity index (χ2v) is 5.48. The zero-order valence-electron chi connectivity index (χ0n) is 11.3. The Morgan fingerprint density at radius 1 is 1.56 bits per heavy atom. The summed E-state index contributed by atoms with van der Waals surface area (Å²) in [6.07, 6.45) is 2.04. The van der Waals surface area contributed by atoms with E-state index in [1.165, 1.54) is 5.01 Å². The monoisotopic (exact) mass is 382 g/mol. The van der Waals surface area contributed by atoms with Gasteiger partial charge in [0, 0.05) is 30.6 Å². The minimum absolute atomic E-state index is 0. The molecule has 0 radical (unpaired) electrons. The zero-order valence-corrected chi connectivity index (χ0v) is 14.4. The highest BCUT2D eigenvalue weighted by atomic mass is 127. The van der Waals surface area contributed by atoms with E-state index in [0.717, 1.165) is 31.6 Å². The van der Waals surface area contributed by atoms with E-state index in [4.69, 9.17) is 5.73 Å². The lowest BCUT2D eigenvalue weighted by Gasteiger charge is -2.05. The predicted molar refractivity (Wildman–Crippen MR) is 89.9 cm³/mol. The SMILES string of the molecule is Cc1csc(CCCNC(N)=NCC(C)C)n1.I. The van der Waals surface area contributed by atoms with E-state index < -0.39 is 0 Å². The number of aryl methyl sites for hydroxylation is 2. The van der Waals surface area contributed by atoms with E-state index in [1.54, 1.807) is 11.3 Å². The minimum atomic E-state index is 0. The molecule has 3 N–H and O–H groups in total. The molecule has 1 heterocycles. The maximum atomic E-state index is 5.73. The first kappa shape index (κ1) is 17.6. The largest absolute Gasteiger partial charge is 0.370 e. The molecule has 1 aromatic heterocycles. The zero-order chi connectivity index (χ0) is 12.7. The highest BCUT2D eigenvalue weighted by Gasteiger charge is 1.99. The van der Waals surface area contributed by atoms with Gasteiger partial charge in [0.15, 0.2) is 5.96 Å². The van der Waals surface area contributed by atoms with Gasteiger partial charge in [-0.3, -0.25) is 4.99 Å². The third-order valence-corrected chi connectivity index (χ3v) is 3.19. The lowest BCUT2D eigenvalue weighted by atomic mass is 10.2. The van der Waals surface area contributed by atoms with Crippen molar-refractivity contribution in [1.29, 1.82) is 0 Å². The molecule has 0 bridgehead atoms. The molecule has 0 spiro atoms. The van der Waals surface area contributed by atoms with Gasteiger partial charge in [0.2, 0.25) is 0 Å². The van der Waals surface area contributed by atoms with Crippen molar-refractivity contribution in [2.24, 2.45) is 16.6 Å². The van der Waals surface area contributed by atoms with E-state index in [0.29, 0.717) is 11.9 Å². The molecule has 0 saturated heterocycles. The number of nitrogens with two attached hydrogens (primary N) is 1. The van der Waals surface area contributed by atoms with Crippen LogP contribution in [-0.4, -0.2) is 24.0 Å². The maximum Gasteiger partial charge on any atom is 0.188 e. The molecule has 0 unspecified atom stereocenters. The predicted octanol–water partition coefficient (Wildman–Crippen LogP) is 2.56. The van der Waals surface area contributed by atoms with Crippen LogP contribution in [0.3, 0.4) is 0 Å². The van der Waals surface area contributed by atoms with E-state index in [1.807, 2.05) is 6.92 Å². The fourth-order valence-electron chi connectivity index (χ4n) is 1.31. The first-order valence-corrected chi connectivity index (χ1v) is 6.90. The number of hydrogen-bond donors (Lipinski definition) is 2. The van der Waals surface area contributed by atoms with Crippen LogP contribution in [0.1, 0.15) is 31.0 Å². The summed E-state index contributed by atoms with van der Waals surface area (Å²) in [6.45, 7) is 7.91. The minimum Gasteiger partial charge on any atom is -0.370 e. The van der Waals surface area contributed by atoms with Gasteiger partial charge in [-0.1, -0.05) is 13.8 Å². The fraction of sp³-hybridized carbons (Fsp3) is 0.667. The molecular weight excluding hydrogens is 359 g/mol. The van der Waals surface area contributed by atoms with Crippen molar-refractivity contribution < 1.29 is 0 Å². The van der Waals surface area contributed by atoms with Gasteiger partial charge in [0.25, 0.3) is 0 Å². The van der Waals surface area contributed by atoms with Crippen LogP contribution >= 0.6 is 35.3 Å². The third-order valence-electron chi connectivity index (χ3n) is 2.17. The van der Waals surface area contributed by atoms with Gasteiger partial charge in [-0.05, 0) is 19.3 Å². The van der Waals surface area contributed by atoms with Crippen molar-refractivity contribution in [3.8, 4) is 0 Å². The topological polar surface area (TPSA) is 63.3 Å². The van der Waals surface area contributed by atoms with Crippen molar-refractivity contribution in [3.05, 3.63) is 16.1 Å². The van der Waals surface area contributed by atoms with Crippen LogP contribution in [0.5, 0.6) is 0 Å². The molecule has 0 aliphatic rings.